The molecule has 1 aliphatic rings. The third-order valence-corrected chi connectivity index (χ3v) is 2.59. The Hall–Kier alpha value is -1.36. The van der Waals surface area contributed by atoms with Crippen LogP contribution in [0.4, 0.5) is 8.78 Å². The van der Waals surface area contributed by atoms with Crippen LogP contribution in [0.25, 0.3) is 0 Å². The second kappa shape index (κ2) is 4.25. The summed E-state index contributed by atoms with van der Waals surface area (Å²) in [5, 5.41) is 9.73. The minimum absolute atomic E-state index is 0.0994. The molecule has 5 heteroatoms. The molecule has 0 unspecified atom stereocenters. The van der Waals surface area contributed by atoms with Crippen LogP contribution in [0.3, 0.4) is 0 Å². The van der Waals surface area contributed by atoms with Gasteiger partial charge < -0.3 is 14.6 Å². The molecule has 0 spiro atoms. The zero-order valence-electron chi connectivity index (χ0n) is 8.69. The van der Waals surface area contributed by atoms with Crippen LogP contribution in [0.15, 0.2) is 18.2 Å². The van der Waals surface area contributed by atoms with E-state index in [1.165, 1.54) is 13.2 Å². The molecule has 2 rings (SSSR count). The molecule has 0 fully saturated rings. The Labute approximate surface area is 91.6 Å². The van der Waals surface area contributed by atoms with Gasteiger partial charge >= 0.3 is 0 Å². The molecule has 0 aromatic heterocycles. The smallest absolute Gasteiger partial charge is 0.274 e. The van der Waals surface area contributed by atoms with E-state index in [-0.39, 0.29) is 6.42 Å². The summed E-state index contributed by atoms with van der Waals surface area (Å²) in [7, 11) is 1.50. The quantitative estimate of drug-likeness (QED) is 0.846. The van der Waals surface area contributed by atoms with Gasteiger partial charge in [0, 0.05) is 12.0 Å². The zero-order chi connectivity index (χ0) is 11.7. The highest BCUT2D eigenvalue weighted by atomic mass is 19.3. The summed E-state index contributed by atoms with van der Waals surface area (Å²) in [5.74, 6) is 0.863. The van der Waals surface area contributed by atoms with Gasteiger partial charge in [-0.1, -0.05) is 0 Å². The van der Waals surface area contributed by atoms with E-state index in [0.29, 0.717) is 17.1 Å². The third kappa shape index (κ3) is 1.95. The Balaban J connectivity index is 2.30. The van der Waals surface area contributed by atoms with Crippen molar-refractivity contribution in [1.29, 1.82) is 0 Å². The molecule has 3 nitrogen and oxygen atoms in total. The van der Waals surface area contributed by atoms with Gasteiger partial charge in [0.05, 0.1) is 13.2 Å². The summed E-state index contributed by atoms with van der Waals surface area (Å²) >= 11 is 0. The number of benzene rings is 1. The highest BCUT2D eigenvalue weighted by molar-refractivity contribution is 5.43. The summed E-state index contributed by atoms with van der Waals surface area (Å²) < 4.78 is 35.0. The normalized spacial score (nSPS) is 23.8. The summed E-state index contributed by atoms with van der Waals surface area (Å²) in [5.41, 5.74) is 0.497. The van der Waals surface area contributed by atoms with Crippen LogP contribution in [-0.4, -0.2) is 24.7 Å². The van der Waals surface area contributed by atoms with Crippen molar-refractivity contribution in [3.63, 3.8) is 0 Å². The molecular weight excluding hydrogens is 218 g/mol. The number of alkyl halides is 2. The molecule has 0 bridgehead atoms. The topological polar surface area (TPSA) is 38.7 Å². The standard InChI is InChI=1S/C11H12F2O3/c1-15-6-2-3-9-7(4-6)8(14)5-10(16-9)11(12)13/h2-4,8,10-11,14H,5H2,1H3/t8-,10-/m1/s1. The van der Waals surface area contributed by atoms with E-state index in [4.69, 9.17) is 9.47 Å². The molecule has 0 aliphatic carbocycles. The van der Waals surface area contributed by atoms with Crippen LogP contribution in [0.2, 0.25) is 0 Å². The minimum atomic E-state index is -2.59. The Morgan fingerprint density at radius 2 is 2.25 bits per heavy atom. The van der Waals surface area contributed by atoms with Crippen molar-refractivity contribution in [3.05, 3.63) is 23.8 Å². The molecule has 0 amide bonds. The average molecular weight is 230 g/mol. The van der Waals surface area contributed by atoms with Gasteiger partial charge in [0.2, 0.25) is 0 Å². The van der Waals surface area contributed by atoms with Crippen molar-refractivity contribution in [1.82, 2.24) is 0 Å². The van der Waals surface area contributed by atoms with Gasteiger partial charge in [0.15, 0.2) is 6.10 Å². The maximum Gasteiger partial charge on any atom is 0.274 e. The number of aliphatic hydroxyl groups is 1. The average Bonchev–Trinajstić information content (AvgIpc) is 2.28. The lowest BCUT2D eigenvalue weighted by atomic mass is 9.99. The number of methoxy groups -OCH3 is 1. The van der Waals surface area contributed by atoms with Gasteiger partial charge in [0.1, 0.15) is 11.5 Å². The van der Waals surface area contributed by atoms with Crippen LogP contribution in [-0.2, 0) is 0 Å². The number of hydrogen-bond donors (Lipinski definition) is 1. The van der Waals surface area contributed by atoms with E-state index in [0.717, 1.165) is 0 Å². The molecule has 1 aromatic carbocycles. The first kappa shape index (κ1) is 11.1. The number of rotatable bonds is 2. The highest BCUT2D eigenvalue weighted by Gasteiger charge is 2.32. The summed E-state index contributed by atoms with van der Waals surface area (Å²) in [6.45, 7) is 0. The molecule has 1 heterocycles. The SMILES string of the molecule is COc1ccc2c(c1)[C@H](O)C[C@H](C(F)F)O2. The fourth-order valence-electron chi connectivity index (χ4n) is 1.73. The fourth-order valence-corrected chi connectivity index (χ4v) is 1.73. The molecule has 1 N–H and O–H groups in total. The number of aliphatic hydroxyl groups excluding tert-OH is 1. The molecule has 1 aliphatic heterocycles. The first-order valence-electron chi connectivity index (χ1n) is 4.92. The predicted octanol–water partition coefficient (Wildman–Crippen LogP) is 2.14. The lowest BCUT2D eigenvalue weighted by Gasteiger charge is -2.29. The van der Waals surface area contributed by atoms with Crippen molar-refractivity contribution < 1.29 is 23.4 Å². The largest absolute Gasteiger partial charge is 0.497 e. The van der Waals surface area contributed by atoms with Crippen LogP contribution in [0.5, 0.6) is 11.5 Å². The summed E-state index contributed by atoms with van der Waals surface area (Å²) in [4.78, 5) is 0. The number of ether oxygens (including phenoxy) is 2. The van der Waals surface area contributed by atoms with Gasteiger partial charge in [-0.2, -0.15) is 0 Å². The van der Waals surface area contributed by atoms with Crippen LogP contribution in [0.1, 0.15) is 18.1 Å². The monoisotopic (exact) mass is 230 g/mol. The van der Waals surface area contributed by atoms with E-state index in [2.05, 4.69) is 0 Å². The maximum atomic E-state index is 12.5. The van der Waals surface area contributed by atoms with Crippen molar-refractivity contribution in [2.24, 2.45) is 0 Å². The fraction of sp³-hybridized carbons (Fsp3) is 0.455. The van der Waals surface area contributed by atoms with Crippen molar-refractivity contribution in [2.75, 3.05) is 7.11 Å². The van der Waals surface area contributed by atoms with Gasteiger partial charge in [0.25, 0.3) is 6.43 Å². The van der Waals surface area contributed by atoms with Crippen LogP contribution >= 0.6 is 0 Å². The Morgan fingerprint density at radius 1 is 1.50 bits per heavy atom. The molecule has 0 saturated heterocycles. The third-order valence-electron chi connectivity index (χ3n) is 2.59. The molecule has 2 atom stereocenters. The molecule has 0 saturated carbocycles. The minimum Gasteiger partial charge on any atom is -0.497 e. The van der Waals surface area contributed by atoms with Crippen molar-refractivity contribution >= 4 is 0 Å². The van der Waals surface area contributed by atoms with E-state index < -0.39 is 18.6 Å². The lowest BCUT2D eigenvalue weighted by molar-refractivity contribution is -0.0323. The summed E-state index contributed by atoms with van der Waals surface area (Å²) in [6, 6.07) is 4.74. The van der Waals surface area contributed by atoms with Crippen LogP contribution < -0.4 is 9.47 Å². The van der Waals surface area contributed by atoms with Gasteiger partial charge in [-0.15, -0.1) is 0 Å². The number of hydrogen-bond acceptors (Lipinski definition) is 3. The second-order valence-corrected chi connectivity index (χ2v) is 3.65. The van der Waals surface area contributed by atoms with Crippen LogP contribution in [0, 0.1) is 0 Å². The van der Waals surface area contributed by atoms with E-state index in [1.54, 1.807) is 12.1 Å². The lowest BCUT2D eigenvalue weighted by Crippen LogP contribution is -2.31. The predicted molar refractivity (Wildman–Crippen MR) is 53.0 cm³/mol. The Bertz CT molecular complexity index is 381. The molecule has 0 radical (unpaired) electrons. The first-order valence-corrected chi connectivity index (χ1v) is 4.92. The van der Waals surface area contributed by atoms with Gasteiger partial charge in [-0.25, -0.2) is 8.78 Å². The van der Waals surface area contributed by atoms with Crippen molar-refractivity contribution in [3.8, 4) is 11.5 Å². The summed E-state index contributed by atoms with van der Waals surface area (Å²) in [6.07, 6.45) is -4.86. The zero-order valence-corrected chi connectivity index (χ0v) is 8.69. The van der Waals surface area contributed by atoms with E-state index in [1.807, 2.05) is 0 Å². The van der Waals surface area contributed by atoms with Gasteiger partial charge in [-0.3, -0.25) is 0 Å². The molecule has 88 valence electrons. The van der Waals surface area contributed by atoms with E-state index >= 15 is 0 Å². The number of halogens is 2. The Kier molecular flexibility index (Phi) is 2.96. The molecular formula is C11H12F2O3. The maximum absolute atomic E-state index is 12.5. The van der Waals surface area contributed by atoms with Crippen molar-refractivity contribution in [2.45, 2.75) is 25.1 Å². The Morgan fingerprint density at radius 3 is 2.88 bits per heavy atom. The van der Waals surface area contributed by atoms with E-state index in [9.17, 15) is 13.9 Å². The molecule has 1 aromatic rings. The second-order valence-electron chi connectivity index (χ2n) is 3.65. The van der Waals surface area contributed by atoms with Gasteiger partial charge in [-0.05, 0) is 18.2 Å². The molecule has 16 heavy (non-hydrogen) atoms. The highest BCUT2D eigenvalue weighted by Crippen LogP contribution is 2.38. The number of fused-ring (bicyclic) bond motifs is 1. The first-order chi connectivity index (χ1) is 7.61.